The Morgan fingerprint density at radius 3 is 2.62 bits per heavy atom. The van der Waals surface area contributed by atoms with Crippen LogP contribution in [0.3, 0.4) is 0 Å². The molecule has 0 radical (unpaired) electrons. The topological polar surface area (TPSA) is 41.6 Å². The summed E-state index contributed by atoms with van der Waals surface area (Å²) >= 11 is 0. The van der Waals surface area contributed by atoms with Crippen molar-refractivity contribution in [1.29, 1.82) is 0 Å². The minimum absolute atomic E-state index is 0.0359. The first kappa shape index (κ1) is 13.3. The highest BCUT2D eigenvalue weighted by molar-refractivity contribution is 5.92. The number of carbonyl (C=O) groups is 1. The van der Waals surface area contributed by atoms with Gasteiger partial charge in [0, 0.05) is 12.6 Å². The number of ether oxygens (including phenoxy) is 1. The van der Waals surface area contributed by atoms with Crippen LogP contribution in [0.1, 0.15) is 44.3 Å². The van der Waals surface area contributed by atoms with Gasteiger partial charge >= 0.3 is 0 Å². The fourth-order valence-corrected chi connectivity index (χ4v) is 3.63. The van der Waals surface area contributed by atoms with Crippen molar-refractivity contribution in [2.75, 3.05) is 6.61 Å². The van der Waals surface area contributed by atoms with Crippen LogP contribution in [0.4, 0.5) is 0 Å². The van der Waals surface area contributed by atoms with Crippen molar-refractivity contribution in [2.45, 2.75) is 56.5 Å². The predicted molar refractivity (Wildman–Crippen MR) is 79.6 cm³/mol. The van der Waals surface area contributed by atoms with E-state index < -0.39 is 0 Å². The van der Waals surface area contributed by atoms with Crippen molar-refractivity contribution in [3.63, 3.8) is 0 Å². The summed E-state index contributed by atoms with van der Waals surface area (Å²) in [6, 6.07) is 10.6. The molecule has 3 aliphatic rings. The molecule has 1 amide bonds. The number of rotatable bonds is 4. The van der Waals surface area contributed by atoms with Gasteiger partial charge in [0.05, 0.1) is 6.10 Å². The van der Waals surface area contributed by atoms with E-state index in [9.17, 15) is 4.79 Å². The quantitative estimate of drug-likeness (QED) is 0.923. The van der Waals surface area contributed by atoms with E-state index in [-0.39, 0.29) is 11.7 Å². The zero-order valence-electron chi connectivity index (χ0n) is 12.4. The summed E-state index contributed by atoms with van der Waals surface area (Å²) in [6.07, 6.45) is 4.27. The summed E-state index contributed by atoms with van der Waals surface area (Å²) in [5.74, 6) is 0.302. The van der Waals surface area contributed by atoms with Gasteiger partial charge in [-0.2, -0.15) is 0 Å². The Balaban J connectivity index is 1.56. The maximum absolute atomic E-state index is 12.8. The van der Waals surface area contributed by atoms with E-state index in [4.69, 9.17) is 4.74 Å². The third-order valence-electron chi connectivity index (χ3n) is 5.07. The molecule has 1 N–H and O–H groups in total. The van der Waals surface area contributed by atoms with Crippen LogP contribution in [0, 0.1) is 0 Å². The number of nitrogens with one attached hydrogen (secondary N) is 1. The van der Waals surface area contributed by atoms with Gasteiger partial charge < -0.3 is 9.64 Å². The van der Waals surface area contributed by atoms with Gasteiger partial charge in [-0.25, -0.2) is 0 Å². The Bertz CT molecular complexity index is 535. The molecular formula is C17H22N2O2. The molecular weight excluding hydrogens is 264 g/mol. The molecule has 1 atom stereocenters. The molecule has 1 heterocycles. The van der Waals surface area contributed by atoms with E-state index in [1.54, 1.807) is 0 Å². The molecule has 2 aliphatic carbocycles. The molecule has 112 valence electrons. The minimum Gasteiger partial charge on any atom is -0.378 e. The van der Waals surface area contributed by atoms with Crippen LogP contribution in [0.2, 0.25) is 0 Å². The lowest BCUT2D eigenvalue weighted by Gasteiger charge is -2.43. The number of hydrogen-bond acceptors (Lipinski definition) is 3. The molecule has 4 nitrogen and oxygen atoms in total. The second-order valence-corrected chi connectivity index (χ2v) is 6.45. The highest BCUT2D eigenvalue weighted by atomic mass is 16.5. The largest absolute Gasteiger partial charge is 0.378 e. The standard InChI is InChI=1S/C17H22N2O2/c1-2-21-14-10-13(11-14)19-15(12-6-4-3-5-7-12)18-17(8-9-17)16(19)20/h3-7,13-15,18H,2,8-11H2,1H3. The van der Waals surface area contributed by atoms with E-state index in [1.165, 1.54) is 5.56 Å². The average molecular weight is 286 g/mol. The van der Waals surface area contributed by atoms with Gasteiger partial charge in [-0.3, -0.25) is 10.1 Å². The summed E-state index contributed by atoms with van der Waals surface area (Å²) in [7, 11) is 0. The Morgan fingerprint density at radius 2 is 2.00 bits per heavy atom. The normalized spacial score (nSPS) is 33.3. The van der Waals surface area contributed by atoms with Crippen molar-refractivity contribution in [3.05, 3.63) is 35.9 Å². The molecule has 0 aromatic heterocycles. The van der Waals surface area contributed by atoms with Gasteiger partial charge in [0.2, 0.25) is 5.91 Å². The number of amides is 1. The third kappa shape index (κ3) is 2.09. The molecule has 21 heavy (non-hydrogen) atoms. The Morgan fingerprint density at radius 1 is 1.29 bits per heavy atom. The SMILES string of the molecule is CCOC1CC(N2C(=O)C3(CC3)NC2c2ccccc2)C1. The molecule has 1 aromatic rings. The van der Waals surface area contributed by atoms with Crippen LogP contribution in [0.15, 0.2) is 30.3 Å². The fraction of sp³-hybridized carbons (Fsp3) is 0.588. The lowest BCUT2D eigenvalue weighted by Crippen LogP contribution is -2.50. The van der Waals surface area contributed by atoms with Gasteiger partial charge in [-0.15, -0.1) is 0 Å². The second kappa shape index (κ2) is 4.82. The second-order valence-electron chi connectivity index (χ2n) is 6.45. The third-order valence-corrected chi connectivity index (χ3v) is 5.07. The number of nitrogens with zero attached hydrogens (tertiary/aromatic N) is 1. The lowest BCUT2D eigenvalue weighted by atomic mass is 9.87. The highest BCUT2D eigenvalue weighted by Crippen LogP contribution is 2.48. The van der Waals surface area contributed by atoms with Crippen molar-refractivity contribution in [3.8, 4) is 0 Å². The van der Waals surface area contributed by atoms with Crippen LogP contribution in [-0.4, -0.2) is 35.1 Å². The molecule has 2 saturated carbocycles. The molecule has 3 fully saturated rings. The van der Waals surface area contributed by atoms with Crippen LogP contribution in [0.5, 0.6) is 0 Å². The van der Waals surface area contributed by atoms with Gasteiger partial charge in [0.15, 0.2) is 0 Å². The zero-order chi connectivity index (χ0) is 14.4. The van der Waals surface area contributed by atoms with Crippen LogP contribution in [-0.2, 0) is 9.53 Å². The van der Waals surface area contributed by atoms with Crippen LogP contribution < -0.4 is 5.32 Å². The Labute approximate surface area is 125 Å². The van der Waals surface area contributed by atoms with Crippen molar-refractivity contribution in [1.82, 2.24) is 10.2 Å². The maximum Gasteiger partial charge on any atom is 0.244 e. The average Bonchev–Trinajstić information content (AvgIpc) is 3.19. The first-order valence-electron chi connectivity index (χ1n) is 8.00. The first-order valence-corrected chi connectivity index (χ1v) is 8.00. The first-order chi connectivity index (χ1) is 10.2. The number of hydrogen-bond donors (Lipinski definition) is 1. The molecule has 1 unspecified atom stereocenters. The molecule has 4 heteroatoms. The van der Waals surface area contributed by atoms with E-state index in [0.717, 1.165) is 32.3 Å². The smallest absolute Gasteiger partial charge is 0.244 e. The molecule has 0 bridgehead atoms. The van der Waals surface area contributed by atoms with Gasteiger partial charge in [0.25, 0.3) is 0 Å². The Hall–Kier alpha value is -1.39. The number of carbonyl (C=O) groups excluding carboxylic acids is 1. The summed E-state index contributed by atoms with van der Waals surface area (Å²) in [5.41, 5.74) is 0.937. The monoisotopic (exact) mass is 286 g/mol. The van der Waals surface area contributed by atoms with Crippen molar-refractivity contribution < 1.29 is 9.53 Å². The minimum atomic E-state index is -0.253. The zero-order valence-corrected chi connectivity index (χ0v) is 12.4. The highest BCUT2D eigenvalue weighted by Gasteiger charge is 2.61. The molecule has 1 saturated heterocycles. The molecule has 1 aromatic carbocycles. The molecule has 4 rings (SSSR count). The van der Waals surface area contributed by atoms with E-state index in [2.05, 4.69) is 22.3 Å². The van der Waals surface area contributed by atoms with E-state index in [0.29, 0.717) is 18.1 Å². The summed E-state index contributed by atoms with van der Waals surface area (Å²) < 4.78 is 5.65. The van der Waals surface area contributed by atoms with E-state index in [1.807, 2.05) is 25.1 Å². The summed E-state index contributed by atoms with van der Waals surface area (Å²) in [4.78, 5) is 14.9. The van der Waals surface area contributed by atoms with Gasteiger partial charge in [0.1, 0.15) is 11.7 Å². The van der Waals surface area contributed by atoms with Gasteiger partial charge in [-0.1, -0.05) is 30.3 Å². The predicted octanol–water partition coefficient (Wildman–Crippen LogP) is 2.22. The van der Waals surface area contributed by atoms with Crippen molar-refractivity contribution in [2.24, 2.45) is 0 Å². The van der Waals surface area contributed by atoms with E-state index >= 15 is 0 Å². The molecule has 1 spiro atoms. The fourth-order valence-electron chi connectivity index (χ4n) is 3.63. The van der Waals surface area contributed by atoms with Crippen molar-refractivity contribution >= 4 is 5.91 Å². The summed E-state index contributed by atoms with van der Waals surface area (Å²) in [6.45, 7) is 2.79. The maximum atomic E-state index is 12.8. The van der Waals surface area contributed by atoms with Crippen LogP contribution >= 0.6 is 0 Å². The Kier molecular flexibility index (Phi) is 3.05. The van der Waals surface area contributed by atoms with Gasteiger partial charge in [-0.05, 0) is 38.2 Å². The lowest BCUT2D eigenvalue weighted by molar-refractivity contribution is -0.139. The molecule has 1 aliphatic heterocycles. The van der Waals surface area contributed by atoms with Crippen LogP contribution in [0.25, 0.3) is 0 Å². The number of benzene rings is 1. The summed E-state index contributed by atoms with van der Waals surface area (Å²) in [5, 5.41) is 3.59.